The number of hydrogen-bond acceptors (Lipinski definition) is 3. The highest BCUT2D eigenvalue weighted by atomic mass is 16.2. The SMILES string of the molecule is O=C(NCc1cn2c(n1)C(=O)N(Cc1ccccc1)CC2)C1CC1. The molecule has 24 heavy (non-hydrogen) atoms. The van der Waals surface area contributed by atoms with E-state index in [2.05, 4.69) is 10.3 Å². The Morgan fingerprint density at radius 2 is 2.00 bits per heavy atom. The molecule has 0 bridgehead atoms. The Balaban J connectivity index is 1.43. The lowest BCUT2D eigenvalue weighted by Crippen LogP contribution is -2.39. The summed E-state index contributed by atoms with van der Waals surface area (Å²) >= 11 is 0. The van der Waals surface area contributed by atoms with Crippen LogP contribution in [0.5, 0.6) is 0 Å². The average Bonchev–Trinajstić information content (AvgIpc) is 3.36. The molecule has 0 radical (unpaired) electrons. The molecular weight excluding hydrogens is 304 g/mol. The van der Waals surface area contributed by atoms with Crippen molar-refractivity contribution in [3.63, 3.8) is 0 Å². The topological polar surface area (TPSA) is 67.2 Å². The molecule has 1 aliphatic carbocycles. The van der Waals surface area contributed by atoms with Crippen LogP contribution in [0.4, 0.5) is 0 Å². The first kappa shape index (κ1) is 14.9. The first-order chi connectivity index (χ1) is 11.7. The molecule has 0 atom stereocenters. The average molecular weight is 324 g/mol. The third-order valence-electron chi connectivity index (χ3n) is 4.52. The highest BCUT2D eigenvalue weighted by molar-refractivity contribution is 5.91. The van der Waals surface area contributed by atoms with Gasteiger partial charge in [0.2, 0.25) is 5.91 Å². The van der Waals surface area contributed by atoms with E-state index >= 15 is 0 Å². The largest absolute Gasteiger partial charge is 0.350 e. The molecule has 124 valence electrons. The lowest BCUT2D eigenvalue weighted by Gasteiger charge is -2.27. The summed E-state index contributed by atoms with van der Waals surface area (Å²) in [5, 5.41) is 2.90. The molecule has 4 rings (SSSR count). The third-order valence-corrected chi connectivity index (χ3v) is 4.52. The van der Waals surface area contributed by atoms with Crippen LogP contribution < -0.4 is 5.32 Å². The first-order valence-corrected chi connectivity index (χ1v) is 8.37. The van der Waals surface area contributed by atoms with Crippen molar-refractivity contribution in [3.05, 3.63) is 53.6 Å². The molecule has 1 saturated carbocycles. The van der Waals surface area contributed by atoms with Crippen LogP contribution in [0.2, 0.25) is 0 Å². The van der Waals surface area contributed by atoms with Crippen molar-refractivity contribution in [2.75, 3.05) is 6.54 Å². The van der Waals surface area contributed by atoms with Gasteiger partial charge in [0.15, 0.2) is 5.82 Å². The van der Waals surface area contributed by atoms with Gasteiger partial charge in [-0.3, -0.25) is 9.59 Å². The highest BCUT2D eigenvalue weighted by Crippen LogP contribution is 2.28. The number of aromatic nitrogens is 2. The molecule has 1 aromatic heterocycles. The summed E-state index contributed by atoms with van der Waals surface area (Å²) in [5.74, 6) is 0.695. The van der Waals surface area contributed by atoms with Crippen molar-refractivity contribution < 1.29 is 9.59 Å². The predicted octanol–water partition coefficient (Wildman–Crippen LogP) is 1.57. The maximum Gasteiger partial charge on any atom is 0.290 e. The lowest BCUT2D eigenvalue weighted by atomic mass is 10.2. The van der Waals surface area contributed by atoms with Crippen LogP contribution in [0.15, 0.2) is 36.5 Å². The highest BCUT2D eigenvalue weighted by Gasteiger charge is 2.30. The van der Waals surface area contributed by atoms with E-state index in [-0.39, 0.29) is 17.7 Å². The number of amides is 2. The quantitative estimate of drug-likeness (QED) is 0.908. The third kappa shape index (κ3) is 3.04. The first-order valence-electron chi connectivity index (χ1n) is 8.37. The second-order valence-corrected chi connectivity index (χ2v) is 6.45. The molecule has 1 aromatic carbocycles. The van der Waals surface area contributed by atoms with Gasteiger partial charge in [-0.1, -0.05) is 30.3 Å². The summed E-state index contributed by atoms with van der Waals surface area (Å²) in [6.45, 7) is 2.39. The summed E-state index contributed by atoms with van der Waals surface area (Å²) in [5.41, 5.74) is 1.86. The van der Waals surface area contributed by atoms with Crippen LogP contribution >= 0.6 is 0 Å². The molecule has 1 N–H and O–H groups in total. The Hall–Kier alpha value is -2.63. The van der Waals surface area contributed by atoms with Crippen molar-refractivity contribution in [1.29, 1.82) is 0 Å². The van der Waals surface area contributed by atoms with Crippen LogP contribution in [0.25, 0.3) is 0 Å². The summed E-state index contributed by atoms with van der Waals surface area (Å²) in [6, 6.07) is 9.97. The number of carbonyl (C=O) groups is 2. The smallest absolute Gasteiger partial charge is 0.290 e. The Labute approximate surface area is 140 Å². The number of benzene rings is 1. The van der Waals surface area contributed by atoms with Gasteiger partial charge in [0.05, 0.1) is 12.2 Å². The Morgan fingerprint density at radius 3 is 2.75 bits per heavy atom. The number of rotatable bonds is 5. The van der Waals surface area contributed by atoms with Gasteiger partial charge in [-0.15, -0.1) is 0 Å². The minimum Gasteiger partial charge on any atom is -0.350 e. The van der Waals surface area contributed by atoms with Crippen LogP contribution in [0.1, 0.15) is 34.7 Å². The van der Waals surface area contributed by atoms with E-state index in [4.69, 9.17) is 0 Å². The van der Waals surface area contributed by atoms with Gasteiger partial charge in [0.1, 0.15) is 0 Å². The zero-order chi connectivity index (χ0) is 16.5. The second kappa shape index (κ2) is 6.11. The maximum atomic E-state index is 12.6. The van der Waals surface area contributed by atoms with Crippen molar-refractivity contribution in [2.24, 2.45) is 5.92 Å². The Morgan fingerprint density at radius 1 is 1.21 bits per heavy atom. The fraction of sp³-hybridized carbons (Fsp3) is 0.389. The number of fused-ring (bicyclic) bond motifs is 1. The molecular formula is C18H20N4O2. The van der Waals surface area contributed by atoms with E-state index in [0.717, 1.165) is 30.6 Å². The van der Waals surface area contributed by atoms with Crippen LogP contribution in [-0.4, -0.2) is 32.8 Å². The van der Waals surface area contributed by atoms with Gasteiger partial charge in [0.25, 0.3) is 5.91 Å². The summed E-state index contributed by atoms with van der Waals surface area (Å²) in [6.07, 6.45) is 3.84. The molecule has 2 aliphatic rings. The minimum atomic E-state index is -0.0510. The zero-order valence-electron chi connectivity index (χ0n) is 13.4. The minimum absolute atomic E-state index is 0.0510. The van der Waals surface area contributed by atoms with E-state index in [1.807, 2.05) is 46.0 Å². The molecule has 2 amide bonds. The summed E-state index contributed by atoms with van der Waals surface area (Å²) in [7, 11) is 0. The Kier molecular flexibility index (Phi) is 3.80. The lowest BCUT2D eigenvalue weighted by molar-refractivity contribution is -0.122. The van der Waals surface area contributed by atoms with Crippen molar-refractivity contribution in [2.45, 2.75) is 32.5 Å². The van der Waals surface area contributed by atoms with Gasteiger partial charge in [-0.25, -0.2) is 4.98 Å². The fourth-order valence-corrected chi connectivity index (χ4v) is 2.99. The van der Waals surface area contributed by atoms with Crippen molar-refractivity contribution in [3.8, 4) is 0 Å². The number of nitrogens with zero attached hydrogens (tertiary/aromatic N) is 3. The van der Waals surface area contributed by atoms with E-state index in [1.54, 1.807) is 0 Å². The number of hydrogen-bond donors (Lipinski definition) is 1. The van der Waals surface area contributed by atoms with Gasteiger partial charge < -0.3 is 14.8 Å². The number of carbonyl (C=O) groups excluding carboxylic acids is 2. The zero-order valence-corrected chi connectivity index (χ0v) is 13.4. The standard InChI is InChI=1S/C18H20N4O2/c23-17(14-6-7-14)19-10-15-12-21-8-9-22(18(24)16(21)20-15)11-13-4-2-1-3-5-13/h1-5,12,14H,6-11H2,(H,19,23). The van der Waals surface area contributed by atoms with Gasteiger partial charge in [-0.2, -0.15) is 0 Å². The predicted molar refractivity (Wildman–Crippen MR) is 88.0 cm³/mol. The van der Waals surface area contributed by atoms with Gasteiger partial charge in [-0.05, 0) is 18.4 Å². The molecule has 2 heterocycles. The van der Waals surface area contributed by atoms with E-state index in [0.29, 0.717) is 25.5 Å². The van der Waals surface area contributed by atoms with Gasteiger partial charge in [0, 0.05) is 31.7 Å². The molecule has 0 saturated heterocycles. The number of imidazole rings is 1. The van der Waals surface area contributed by atoms with Crippen molar-refractivity contribution in [1.82, 2.24) is 19.8 Å². The molecule has 1 fully saturated rings. The molecule has 6 heteroatoms. The number of nitrogens with one attached hydrogen (secondary N) is 1. The van der Waals surface area contributed by atoms with E-state index in [1.165, 1.54) is 0 Å². The van der Waals surface area contributed by atoms with Gasteiger partial charge >= 0.3 is 0 Å². The second-order valence-electron chi connectivity index (χ2n) is 6.45. The molecule has 0 spiro atoms. The van der Waals surface area contributed by atoms with E-state index < -0.39 is 0 Å². The molecule has 2 aromatic rings. The molecule has 6 nitrogen and oxygen atoms in total. The van der Waals surface area contributed by atoms with Crippen molar-refractivity contribution >= 4 is 11.8 Å². The fourth-order valence-electron chi connectivity index (χ4n) is 2.99. The summed E-state index contributed by atoms with van der Waals surface area (Å²) in [4.78, 5) is 30.6. The Bertz CT molecular complexity index is 765. The maximum absolute atomic E-state index is 12.6. The van der Waals surface area contributed by atoms with E-state index in [9.17, 15) is 9.59 Å². The van der Waals surface area contributed by atoms with Crippen LogP contribution in [-0.2, 0) is 24.4 Å². The normalized spacial score (nSPS) is 16.8. The van der Waals surface area contributed by atoms with Crippen LogP contribution in [0, 0.1) is 5.92 Å². The monoisotopic (exact) mass is 324 g/mol. The summed E-state index contributed by atoms with van der Waals surface area (Å²) < 4.78 is 1.89. The van der Waals surface area contributed by atoms with Crippen LogP contribution in [0.3, 0.4) is 0 Å². The molecule has 0 unspecified atom stereocenters. The molecule has 1 aliphatic heterocycles.